The van der Waals surface area contributed by atoms with Crippen LogP contribution < -0.4 is 0 Å². The Balaban J connectivity index is 4.05. The van der Waals surface area contributed by atoms with Crippen molar-refractivity contribution < 1.29 is 9.53 Å². The van der Waals surface area contributed by atoms with Crippen molar-refractivity contribution in [3.8, 4) is 0 Å². The van der Waals surface area contributed by atoms with Gasteiger partial charge in [-0.3, -0.25) is 4.79 Å². The van der Waals surface area contributed by atoms with Gasteiger partial charge in [0, 0.05) is 0 Å². The van der Waals surface area contributed by atoms with Crippen LogP contribution in [0.3, 0.4) is 0 Å². The fourth-order valence-corrected chi connectivity index (χ4v) is 0.756. The molecule has 0 bridgehead atoms. The predicted molar refractivity (Wildman–Crippen MR) is 45.5 cm³/mol. The van der Waals surface area contributed by atoms with Crippen molar-refractivity contribution in [2.75, 3.05) is 6.61 Å². The summed E-state index contributed by atoms with van der Waals surface area (Å²) in [5.74, 6) is -0.290. The summed E-state index contributed by atoms with van der Waals surface area (Å²) >= 11 is 0. The second-order valence-corrected chi connectivity index (χ2v) is 3.02. The first-order chi connectivity index (χ1) is 5.52. The van der Waals surface area contributed by atoms with Crippen LogP contribution in [0.1, 0.15) is 27.2 Å². The zero-order valence-electron chi connectivity index (χ0n) is 7.68. The van der Waals surface area contributed by atoms with Crippen LogP contribution in [0.4, 0.5) is 0 Å². The van der Waals surface area contributed by atoms with E-state index in [1.165, 1.54) is 0 Å². The molecule has 12 heavy (non-hydrogen) atoms. The molecule has 0 aliphatic rings. The molecule has 0 rings (SSSR count). The van der Waals surface area contributed by atoms with Gasteiger partial charge in [0.25, 0.3) is 0 Å². The van der Waals surface area contributed by atoms with Gasteiger partial charge in [-0.25, -0.2) is 10.4 Å². The Morgan fingerprint density at radius 1 is 1.67 bits per heavy atom. The average molecular weight is 170 g/mol. The van der Waals surface area contributed by atoms with Gasteiger partial charge in [0.1, 0.15) is 0 Å². The first-order valence-electron chi connectivity index (χ1n) is 3.81. The van der Waals surface area contributed by atoms with E-state index in [2.05, 4.69) is 4.99 Å². The number of nitrogens with zero attached hydrogens (tertiary/aromatic N) is 1. The number of nitrogens with one attached hydrogen (secondary N) is 1. The lowest BCUT2D eigenvalue weighted by molar-refractivity contribution is -0.144. The van der Waals surface area contributed by atoms with Crippen molar-refractivity contribution in [3.05, 3.63) is 0 Å². The summed E-state index contributed by atoms with van der Waals surface area (Å²) in [6.45, 7) is 5.64. The molecule has 0 amide bonds. The third-order valence-electron chi connectivity index (χ3n) is 1.24. The number of esters is 1. The van der Waals surface area contributed by atoms with Crippen molar-refractivity contribution in [2.24, 2.45) is 4.99 Å². The number of hydrogen-bond donors (Lipinski definition) is 1. The van der Waals surface area contributed by atoms with Gasteiger partial charge < -0.3 is 4.74 Å². The Kier molecular flexibility index (Phi) is 4.22. The molecule has 0 saturated heterocycles. The summed E-state index contributed by atoms with van der Waals surface area (Å²) in [4.78, 5) is 14.7. The number of ether oxygens (including phenoxy) is 1. The SMILES string of the molecule is CCOC(=O)CC(C)(C)N=C=N. The Morgan fingerprint density at radius 3 is 2.67 bits per heavy atom. The molecule has 0 aliphatic heterocycles. The molecule has 4 heteroatoms. The number of carbonyl (C=O) groups is 1. The van der Waals surface area contributed by atoms with Gasteiger partial charge >= 0.3 is 5.97 Å². The van der Waals surface area contributed by atoms with E-state index in [0.29, 0.717) is 6.61 Å². The minimum Gasteiger partial charge on any atom is -0.466 e. The van der Waals surface area contributed by atoms with Crippen molar-refractivity contribution in [3.63, 3.8) is 0 Å². The van der Waals surface area contributed by atoms with Crippen LogP contribution in [0, 0.1) is 5.41 Å². The lowest BCUT2D eigenvalue weighted by Crippen LogP contribution is -2.22. The zero-order valence-corrected chi connectivity index (χ0v) is 7.68. The number of rotatable bonds is 4. The summed E-state index contributed by atoms with van der Waals surface area (Å²) in [5.41, 5.74) is -0.575. The largest absolute Gasteiger partial charge is 0.466 e. The van der Waals surface area contributed by atoms with Crippen LogP contribution in [0.25, 0.3) is 0 Å². The molecule has 0 aromatic rings. The van der Waals surface area contributed by atoms with Gasteiger partial charge in [-0.1, -0.05) is 0 Å². The predicted octanol–water partition coefficient (Wildman–Crippen LogP) is 1.47. The Morgan fingerprint density at radius 2 is 2.25 bits per heavy atom. The van der Waals surface area contributed by atoms with Crippen LogP contribution in [0.2, 0.25) is 0 Å². The molecule has 68 valence electrons. The monoisotopic (exact) mass is 170 g/mol. The van der Waals surface area contributed by atoms with Gasteiger partial charge in [0.15, 0.2) is 0 Å². The molecule has 0 spiro atoms. The van der Waals surface area contributed by atoms with E-state index in [1.807, 2.05) is 6.01 Å². The smallest absolute Gasteiger partial charge is 0.308 e. The van der Waals surface area contributed by atoms with Crippen LogP contribution in [-0.4, -0.2) is 24.1 Å². The van der Waals surface area contributed by atoms with E-state index in [0.717, 1.165) is 0 Å². The molecule has 0 heterocycles. The maximum Gasteiger partial charge on any atom is 0.308 e. The number of aliphatic imine (C=N–C) groups is 1. The molecule has 0 fully saturated rings. The van der Waals surface area contributed by atoms with Gasteiger partial charge in [0.05, 0.1) is 24.6 Å². The lowest BCUT2D eigenvalue weighted by Gasteiger charge is -2.15. The summed E-state index contributed by atoms with van der Waals surface area (Å²) in [7, 11) is 0. The molecule has 0 unspecified atom stereocenters. The highest BCUT2D eigenvalue weighted by Gasteiger charge is 2.21. The minimum atomic E-state index is -0.575. The van der Waals surface area contributed by atoms with Crippen LogP contribution in [0.5, 0.6) is 0 Å². The Bertz CT molecular complexity index is 205. The zero-order chi connectivity index (χ0) is 9.61. The third-order valence-corrected chi connectivity index (χ3v) is 1.24. The van der Waals surface area contributed by atoms with Crippen molar-refractivity contribution in [2.45, 2.75) is 32.7 Å². The average Bonchev–Trinajstić information content (AvgIpc) is 1.85. The molecule has 0 atom stereocenters. The van der Waals surface area contributed by atoms with Gasteiger partial charge in [0.2, 0.25) is 0 Å². The topological polar surface area (TPSA) is 62.5 Å². The van der Waals surface area contributed by atoms with Gasteiger partial charge in [-0.2, -0.15) is 0 Å². The fraction of sp³-hybridized carbons (Fsp3) is 0.750. The molecule has 4 nitrogen and oxygen atoms in total. The Labute approximate surface area is 72.1 Å². The van der Waals surface area contributed by atoms with E-state index in [4.69, 9.17) is 10.1 Å². The van der Waals surface area contributed by atoms with Gasteiger partial charge in [-0.05, 0) is 20.8 Å². The molecule has 0 aromatic heterocycles. The Hall–Kier alpha value is -1.15. The second kappa shape index (κ2) is 4.67. The molecular weight excluding hydrogens is 156 g/mol. The maximum atomic E-state index is 11.0. The van der Waals surface area contributed by atoms with E-state index in [9.17, 15) is 4.79 Å². The van der Waals surface area contributed by atoms with Crippen molar-refractivity contribution >= 4 is 12.0 Å². The minimum absolute atomic E-state index is 0.187. The highest BCUT2D eigenvalue weighted by Crippen LogP contribution is 2.13. The van der Waals surface area contributed by atoms with E-state index in [1.54, 1.807) is 20.8 Å². The molecular formula is C8H14N2O2. The van der Waals surface area contributed by atoms with Crippen LogP contribution in [-0.2, 0) is 9.53 Å². The van der Waals surface area contributed by atoms with Crippen LogP contribution >= 0.6 is 0 Å². The lowest BCUT2D eigenvalue weighted by atomic mass is 10.0. The maximum absolute atomic E-state index is 11.0. The number of hydrogen-bond acceptors (Lipinski definition) is 4. The van der Waals surface area contributed by atoms with Gasteiger partial charge in [-0.15, -0.1) is 0 Å². The van der Waals surface area contributed by atoms with E-state index in [-0.39, 0.29) is 12.4 Å². The first-order valence-corrected chi connectivity index (χ1v) is 3.81. The molecule has 0 aliphatic carbocycles. The number of carbonyl (C=O) groups excluding carboxylic acids is 1. The molecule has 0 aromatic carbocycles. The fourth-order valence-electron chi connectivity index (χ4n) is 0.756. The normalized spacial score (nSPS) is 10.2. The third kappa shape index (κ3) is 4.63. The second-order valence-electron chi connectivity index (χ2n) is 3.02. The first kappa shape index (κ1) is 10.8. The quantitative estimate of drug-likeness (QED) is 0.513. The standard InChI is InChI=1S/C8H14N2O2/c1-4-12-7(11)5-8(2,3)10-6-9/h9H,4-5H2,1-3H3. The van der Waals surface area contributed by atoms with E-state index >= 15 is 0 Å². The van der Waals surface area contributed by atoms with Crippen molar-refractivity contribution in [1.82, 2.24) is 0 Å². The highest BCUT2D eigenvalue weighted by atomic mass is 16.5. The molecule has 0 radical (unpaired) electrons. The summed E-state index contributed by atoms with van der Waals surface area (Å²) in [6.07, 6.45) is 0.187. The molecule has 0 saturated carbocycles. The van der Waals surface area contributed by atoms with E-state index < -0.39 is 5.54 Å². The highest BCUT2D eigenvalue weighted by molar-refractivity contribution is 5.71. The summed E-state index contributed by atoms with van der Waals surface area (Å²) in [5, 5.41) is 6.64. The summed E-state index contributed by atoms with van der Waals surface area (Å²) in [6, 6.07) is 1.92. The summed E-state index contributed by atoms with van der Waals surface area (Å²) < 4.78 is 4.74. The van der Waals surface area contributed by atoms with Crippen molar-refractivity contribution in [1.29, 1.82) is 5.41 Å². The molecule has 1 N–H and O–H groups in total. The van der Waals surface area contributed by atoms with Crippen LogP contribution in [0.15, 0.2) is 4.99 Å².